The van der Waals surface area contributed by atoms with Gasteiger partial charge >= 0.3 is 0 Å². The summed E-state index contributed by atoms with van der Waals surface area (Å²) in [5.74, 6) is 0.408. The number of rotatable bonds is 10. The molecule has 168 valence electrons. The maximum Gasteiger partial charge on any atom is 0.252 e. The summed E-state index contributed by atoms with van der Waals surface area (Å²) in [5.41, 5.74) is 0.924. The van der Waals surface area contributed by atoms with Crippen molar-refractivity contribution < 1.29 is 12.8 Å². The molecular weight excluding hydrogens is 538 g/mol. The second-order valence-electron chi connectivity index (χ2n) is 6.31. The van der Waals surface area contributed by atoms with Gasteiger partial charge in [-0.1, -0.05) is 26.0 Å². The molecule has 0 atom stereocenters. The Hall–Kier alpha value is -1.24. The van der Waals surface area contributed by atoms with Crippen molar-refractivity contribution in [2.75, 3.05) is 26.2 Å². The summed E-state index contributed by atoms with van der Waals surface area (Å²) in [7, 11) is -3.40. The zero-order valence-electron chi connectivity index (χ0n) is 17.5. The number of nitrogens with one attached hydrogen (secondary N) is 2. The molecule has 30 heavy (non-hydrogen) atoms. The van der Waals surface area contributed by atoms with Crippen molar-refractivity contribution in [2.45, 2.75) is 37.9 Å². The van der Waals surface area contributed by atoms with Gasteiger partial charge in [-0.25, -0.2) is 17.8 Å². The predicted octanol–water partition coefficient (Wildman–Crippen LogP) is 3.83. The van der Waals surface area contributed by atoms with Gasteiger partial charge in [-0.05, 0) is 43.2 Å². The van der Waals surface area contributed by atoms with E-state index in [0.717, 1.165) is 17.0 Å². The summed E-state index contributed by atoms with van der Waals surface area (Å²) in [4.78, 5) is 5.50. The van der Waals surface area contributed by atoms with Crippen LogP contribution in [0.15, 0.2) is 45.6 Å². The smallest absolute Gasteiger partial charge is 0.252 e. The van der Waals surface area contributed by atoms with Crippen molar-refractivity contribution in [3.63, 3.8) is 0 Å². The predicted molar refractivity (Wildman–Crippen MR) is 133 cm³/mol. The highest BCUT2D eigenvalue weighted by Gasteiger charge is 2.23. The van der Waals surface area contributed by atoms with Crippen LogP contribution in [0.25, 0.3) is 0 Å². The fourth-order valence-corrected chi connectivity index (χ4v) is 5.70. The summed E-state index contributed by atoms with van der Waals surface area (Å²) in [6.45, 7) is 8.38. The Labute approximate surface area is 200 Å². The highest BCUT2D eigenvalue weighted by atomic mass is 127. The number of benzene rings is 1. The van der Waals surface area contributed by atoms with Gasteiger partial charge in [0.2, 0.25) is 0 Å². The largest absolute Gasteiger partial charge is 0.357 e. The van der Waals surface area contributed by atoms with Crippen LogP contribution in [0.5, 0.6) is 0 Å². The van der Waals surface area contributed by atoms with E-state index in [0.29, 0.717) is 42.8 Å². The van der Waals surface area contributed by atoms with E-state index in [9.17, 15) is 12.8 Å². The molecule has 0 saturated carbocycles. The minimum atomic E-state index is -3.40. The van der Waals surface area contributed by atoms with Crippen LogP contribution in [0.4, 0.5) is 4.39 Å². The average Bonchev–Trinajstić information content (AvgIpc) is 3.18. The molecule has 2 N–H and O–H groups in total. The van der Waals surface area contributed by atoms with Crippen molar-refractivity contribution in [1.82, 2.24) is 14.9 Å². The Kier molecular flexibility index (Phi) is 11.8. The lowest BCUT2D eigenvalue weighted by Crippen LogP contribution is -2.38. The number of sulfonamides is 1. The van der Waals surface area contributed by atoms with Crippen molar-refractivity contribution in [3.05, 3.63) is 52.7 Å². The number of nitrogens with zero attached hydrogens (tertiary/aromatic N) is 2. The van der Waals surface area contributed by atoms with Crippen LogP contribution in [-0.4, -0.2) is 44.9 Å². The van der Waals surface area contributed by atoms with Crippen molar-refractivity contribution >= 4 is 51.3 Å². The molecule has 0 unspecified atom stereocenters. The Morgan fingerprint density at radius 2 is 1.73 bits per heavy atom. The highest BCUT2D eigenvalue weighted by Crippen LogP contribution is 2.25. The summed E-state index contributed by atoms with van der Waals surface area (Å²) in [6.07, 6.45) is 0.694. The Bertz CT molecular complexity index is 898. The molecule has 0 fully saturated rings. The van der Waals surface area contributed by atoms with E-state index < -0.39 is 10.0 Å². The van der Waals surface area contributed by atoms with Crippen LogP contribution in [0.2, 0.25) is 0 Å². The molecule has 1 aromatic carbocycles. The number of hydrogen-bond donors (Lipinski definition) is 2. The van der Waals surface area contributed by atoms with E-state index in [1.807, 2.05) is 26.8 Å². The standard InChI is InChI=1S/C20H29FN4O2S2.HI/c1-4-22-20(24-15-16-7-9-17(21)10-8-16)23-14-13-18-11-12-19(28-18)29(26,27)25(5-2)6-3;/h7-12H,4-6,13-15H2,1-3H3,(H2,22,23,24);1H. The summed E-state index contributed by atoms with van der Waals surface area (Å²) in [5, 5.41) is 6.43. The van der Waals surface area contributed by atoms with E-state index in [-0.39, 0.29) is 29.8 Å². The maximum absolute atomic E-state index is 13.0. The van der Waals surface area contributed by atoms with Gasteiger partial charge in [0.1, 0.15) is 10.0 Å². The number of halogens is 2. The van der Waals surface area contributed by atoms with Crippen LogP contribution in [-0.2, 0) is 23.0 Å². The van der Waals surface area contributed by atoms with E-state index >= 15 is 0 Å². The first-order valence-corrected chi connectivity index (χ1v) is 12.0. The number of aliphatic imine (C=N–C) groups is 1. The molecule has 0 aliphatic heterocycles. The minimum Gasteiger partial charge on any atom is -0.357 e. The second kappa shape index (κ2) is 13.2. The van der Waals surface area contributed by atoms with Crippen molar-refractivity contribution in [1.29, 1.82) is 0 Å². The molecule has 0 radical (unpaired) electrons. The molecular formula is C20H30FIN4O2S2. The molecule has 6 nitrogen and oxygen atoms in total. The van der Waals surface area contributed by atoms with Gasteiger partial charge in [-0.3, -0.25) is 0 Å². The average molecular weight is 569 g/mol. The van der Waals surface area contributed by atoms with E-state index in [1.54, 1.807) is 18.2 Å². The van der Waals surface area contributed by atoms with Gasteiger partial charge < -0.3 is 10.6 Å². The molecule has 1 heterocycles. The molecule has 10 heteroatoms. The lowest BCUT2D eigenvalue weighted by molar-refractivity contribution is 0.447. The van der Waals surface area contributed by atoms with Crippen molar-refractivity contribution in [2.24, 2.45) is 4.99 Å². The van der Waals surface area contributed by atoms with Crippen molar-refractivity contribution in [3.8, 4) is 0 Å². The fraction of sp³-hybridized carbons (Fsp3) is 0.450. The Morgan fingerprint density at radius 3 is 2.33 bits per heavy atom. The lowest BCUT2D eigenvalue weighted by Gasteiger charge is -2.16. The first-order chi connectivity index (χ1) is 13.9. The first-order valence-electron chi connectivity index (χ1n) is 9.76. The maximum atomic E-state index is 13.0. The highest BCUT2D eigenvalue weighted by molar-refractivity contribution is 14.0. The number of thiophene rings is 1. The minimum absolute atomic E-state index is 0. The molecule has 2 aromatic rings. The second-order valence-corrected chi connectivity index (χ2v) is 9.64. The van der Waals surface area contributed by atoms with Gasteiger partial charge in [0.15, 0.2) is 5.96 Å². The number of hydrogen-bond acceptors (Lipinski definition) is 4. The van der Waals surface area contributed by atoms with Crippen LogP contribution in [0, 0.1) is 5.82 Å². The third kappa shape index (κ3) is 7.78. The first kappa shape index (κ1) is 26.8. The van der Waals surface area contributed by atoms with Crippen LogP contribution in [0.1, 0.15) is 31.2 Å². The van der Waals surface area contributed by atoms with E-state index in [2.05, 4.69) is 15.6 Å². The van der Waals surface area contributed by atoms with Crippen LogP contribution in [0.3, 0.4) is 0 Å². The summed E-state index contributed by atoms with van der Waals surface area (Å²) >= 11 is 1.31. The Balaban J connectivity index is 0.00000450. The van der Waals surface area contributed by atoms with Gasteiger partial charge in [-0.15, -0.1) is 35.3 Å². The molecule has 0 aliphatic carbocycles. The monoisotopic (exact) mass is 568 g/mol. The third-order valence-corrected chi connectivity index (χ3v) is 7.94. The summed E-state index contributed by atoms with van der Waals surface area (Å²) in [6, 6.07) is 9.82. The molecule has 0 bridgehead atoms. The van der Waals surface area contributed by atoms with E-state index in [1.165, 1.54) is 27.8 Å². The molecule has 0 amide bonds. The molecule has 2 rings (SSSR count). The van der Waals surface area contributed by atoms with Gasteiger partial charge in [0, 0.05) is 31.1 Å². The molecule has 0 saturated heterocycles. The third-order valence-electron chi connectivity index (χ3n) is 4.28. The molecule has 1 aromatic heterocycles. The zero-order valence-corrected chi connectivity index (χ0v) is 21.5. The van der Waals surface area contributed by atoms with E-state index in [4.69, 9.17) is 0 Å². The quantitative estimate of drug-likeness (QED) is 0.260. The fourth-order valence-electron chi connectivity index (χ4n) is 2.73. The molecule has 0 spiro atoms. The SMILES string of the molecule is CCNC(=NCc1ccc(F)cc1)NCCc1ccc(S(=O)(=O)N(CC)CC)s1.I. The van der Waals surface area contributed by atoms with Gasteiger partial charge in [0.25, 0.3) is 10.0 Å². The Morgan fingerprint density at radius 1 is 1.07 bits per heavy atom. The zero-order chi connectivity index (χ0) is 21.3. The van der Waals surface area contributed by atoms with Crippen LogP contribution >= 0.6 is 35.3 Å². The van der Waals surface area contributed by atoms with Crippen LogP contribution < -0.4 is 10.6 Å². The normalized spacial score (nSPS) is 12.0. The summed E-state index contributed by atoms with van der Waals surface area (Å²) < 4.78 is 40.0. The number of guanidine groups is 1. The lowest BCUT2D eigenvalue weighted by atomic mass is 10.2. The van der Waals surface area contributed by atoms with Gasteiger partial charge in [0.05, 0.1) is 6.54 Å². The topological polar surface area (TPSA) is 73.8 Å². The van der Waals surface area contributed by atoms with Gasteiger partial charge in [-0.2, -0.15) is 4.31 Å². The molecule has 0 aliphatic rings.